The Kier molecular flexibility index (Phi) is 3.67. The minimum Gasteiger partial charge on any atom is -0.339 e. The van der Waals surface area contributed by atoms with Gasteiger partial charge >= 0.3 is 0 Å². The first kappa shape index (κ1) is 14.2. The van der Waals surface area contributed by atoms with Gasteiger partial charge in [-0.15, -0.1) is 0 Å². The molecule has 1 saturated heterocycles. The Labute approximate surface area is 136 Å². The van der Waals surface area contributed by atoms with E-state index in [0.717, 1.165) is 36.7 Å². The summed E-state index contributed by atoms with van der Waals surface area (Å²) in [5.41, 5.74) is 2.12. The van der Waals surface area contributed by atoms with Crippen molar-refractivity contribution in [1.82, 2.24) is 15.3 Å². The van der Waals surface area contributed by atoms with Gasteiger partial charge in [0.1, 0.15) is 0 Å². The lowest BCUT2D eigenvalue weighted by Crippen LogP contribution is -2.30. The van der Waals surface area contributed by atoms with Crippen LogP contribution in [-0.4, -0.2) is 36.1 Å². The molecular formula is C19H20N4. The molecule has 1 unspecified atom stereocenters. The number of rotatable bonds is 3. The normalized spacial score (nSPS) is 17.8. The van der Waals surface area contributed by atoms with Crippen LogP contribution in [0.15, 0.2) is 54.7 Å². The average Bonchev–Trinajstić information content (AvgIpc) is 3.11. The number of hydrogen-bond donors (Lipinski definition) is 1. The van der Waals surface area contributed by atoms with Crippen LogP contribution in [0.1, 0.15) is 6.42 Å². The van der Waals surface area contributed by atoms with E-state index in [2.05, 4.69) is 57.7 Å². The molecule has 116 valence electrons. The zero-order chi connectivity index (χ0) is 15.6. The summed E-state index contributed by atoms with van der Waals surface area (Å²) in [5.74, 6) is 0.827. The van der Waals surface area contributed by atoms with Crippen LogP contribution in [0.4, 0.5) is 5.95 Å². The topological polar surface area (TPSA) is 41.0 Å². The van der Waals surface area contributed by atoms with E-state index in [1.54, 1.807) is 0 Å². The van der Waals surface area contributed by atoms with Crippen LogP contribution in [0.5, 0.6) is 0 Å². The minimum atomic E-state index is 0.530. The molecule has 0 radical (unpaired) electrons. The summed E-state index contributed by atoms with van der Waals surface area (Å²) >= 11 is 0. The molecule has 4 heteroatoms. The number of nitrogens with one attached hydrogen (secondary N) is 1. The van der Waals surface area contributed by atoms with Crippen molar-refractivity contribution in [2.75, 3.05) is 25.0 Å². The molecule has 1 aromatic heterocycles. The third-order valence-electron chi connectivity index (χ3n) is 4.57. The van der Waals surface area contributed by atoms with Gasteiger partial charge in [-0.05, 0) is 36.4 Å². The highest BCUT2D eigenvalue weighted by Gasteiger charge is 2.23. The fraction of sp³-hybridized carbons (Fsp3) is 0.263. The second-order valence-electron chi connectivity index (χ2n) is 6.02. The number of aromatic nitrogens is 2. The van der Waals surface area contributed by atoms with Crippen molar-refractivity contribution in [3.05, 3.63) is 54.7 Å². The van der Waals surface area contributed by atoms with Crippen molar-refractivity contribution < 1.29 is 0 Å². The summed E-state index contributed by atoms with van der Waals surface area (Å²) < 4.78 is 0. The zero-order valence-electron chi connectivity index (χ0n) is 13.2. The lowest BCUT2D eigenvalue weighted by atomic mass is 10.1. The summed E-state index contributed by atoms with van der Waals surface area (Å²) in [7, 11) is 2.01. The largest absolute Gasteiger partial charge is 0.339 e. The molecule has 23 heavy (non-hydrogen) atoms. The van der Waals surface area contributed by atoms with E-state index in [1.165, 1.54) is 10.8 Å². The number of likely N-dealkylation sites (N-methyl/N-ethyl adjacent to an activating group) is 1. The first-order valence-corrected chi connectivity index (χ1v) is 8.08. The van der Waals surface area contributed by atoms with Crippen LogP contribution < -0.4 is 10.2 Å². The number of hydrogen-bond acceptors (Lipinski definition) is 4. The molecule has 4 nitrogen and oxygen atoms in total. The first-order chi connectivity index (χ1) is 11.3. The van der Waals surface area contributed by atoms with Gasteiger partial charge in [0.25, 0.3) is 0 Å². The quantitative estimate of drug-likeness (QED) is 0.807. The highest BCUT2D eigenvalue weighted by Crippen LogP contribution is 2.25. The second kappa shape index (κ2) is 5.97. The van der Waals surface area contributed by atoms with Crippen molar-refractivity contribution in [1.29, 1.82) is 0 Å². The van der Waals surface area contributed by atoms with Crippen LogP contribution in [0, 0.1) is 0 Å². The van der Waals surface area contributed by atoms with Gasteiger partial charge in [0.05, 0.1) is 5.69 Å². The molecule has 1 aliphatic rings. The Hall–Kier alpha value is -2.46. The van der Waals surface area contributed by atoms with E-state index >= 15 is 0 Å². The van der Waals surface area contributed by atoms with Gasteiger partial charge < -0.3 is 10.2 Å². The summed E-state index contributed by atoms with van der Waals surface area (Å²) in [6, 6.07) is 17.4. The molecule has 0 bridgehead atoms. The fourth-order valence-corrected chi connectivity index (χ4v) is 3.19. The van der Waals surface area contributed by atoms with Gasteiger partial charge in [-0.1, -0.05) is 36.4 Å². The smallest absolute Gasteiger partial charge is 0.225 e. The third-order valence-corrected chi connectivity index (χ3v) is 4.57. The summed E-state index contributed by atoms with van der Waals surface area (Å²) in [5, 5.41) is 5.82. The molecule has 1 aliphatic heterocycles. The Morgan fingerprint density at radius 2 is 1.96 bits per heavy atom. The summed E-state index contributed by atoms with van der Waals surface area (Å²) in [6.45, 7) is 1.98. The standard InChI is InChI=1S/C19H20N4/c1-20-17-9-11-23(13-17)19-21-10-8-18(22-19)16-7-6-14-4-2-3-5-15(14)12-16/h2-8,10,12,17,20H,9,11,13H2,1H3. The molecular weight excluding hydrogens is 284 g/mol. The van der Waals surface area contributed by atoms with Crippen LogP contribution in [-0.2, 0) is 0 Å². The monoisotopic (exact) mass is 304 g/mol. The summed E-state index contributed by atoms with van der Waals surface area (Å²) in [4.78, 5) is 11.5. The lowest BCUT2D eigenvalue weighted by Gasteiger charge is -2.16. The Morgan fingerprint density at radius 1 is 1.09 bits per heavy atom. The van der Waals surface area contributed by atoms with Crippen LogP contribution >= 0.6 is 0 Å². The molecule has 0 aliphatic carbocycles. The van der Waals surface area contributed by atoms with Gasteiger partial charge in [-0.2, -0.15) is 0 Å². The molecule has 1 N–H and O–H groups in total. The molecule has 2 heterocycles. The van der Waals surface area contributed by atoms with Crippen LogP contribution in [0.3, 0.4) is 0 Å². The Bertz CT molecular complexity index is 830. The molecule has 0 saturated carbocycles. The van der Waals surface area contributed by atoms with E-state index in [1.807, 2.05) is 19.3 Å². The van der Waals surface area contributed by atoms with Crippen LogP contribution in [0.2, 0.25) is 0 Å². The van der Waals surface area contributed by atoms with E-state index in [-0.39, 0.29) is 0 Å². The SMILES string of the molecule is CNC1CCN(c2nccc(-c3ccc4ccccc4c3)n2)C1. The minimum absolute atomic E-state index is 0.530. The fourth-order valence-electron chi connectivity index (χ4n) is 3.19. The highest BCUT2D eigenvalue weighted by atomic mass is 15.3. The van der Waals surface area contributed by atoms with E-state index in [4.69, 9.17) is 4.98 Å². The van der Waals surface area contributed by atoms with E-state index in [0.29, 0.717) is 6.04 Å². The predicted molar refractivity (Wildman–Crippen MR) is 94.7 cm³/mol. The number of anilines is 1. The van der Waals surface area contributed by atoms with Gasteiger partial charge in [0.15, 0.2) is 0 Å². The van der Waals surface area contributed by atoms with Gasteiger partial charge in [0, 0.05) is 30.9 Å². The van der Waals surface area contributed by atoms with Crippen molar-refractivity contribution >= 4 is 16.7 Å². The predicted octanol–water partition coefficient (Wildman–Crippen LogP) is 3.09. The molecule has 4 rings (SSSR count). The molecule has 2 aromatic carbocycles. The maximum absolute atomic E-state index is 4.79. The van der Waals surface area contributed by atoms with Crippen molar-refractivity contribution in [2.24, 2.45) is 0 Å². The van der Waals surface area contributed by atoms with Gasteiger partial charge in [-0.25, -0.2) is 9.97 Å². The van der Waals surface area contributed by atoms with Gasteiger partial charge in [-0.3, -0.25) is 0 Å². The molecule has 3 aromatic rings. The zero-order valence-corrected chi connectivity index (χ0v) is 13.2. The van der Waals surface area contributed by atoms with Crippen molar-refractivity contribution in [2.45, 2.75) is 12.5 Å². The van der Waals surface area contributed by atoms with Gasteiger partial charge in [0.2, 0.25) is 5.95 Å². The number of benzene rings is 2. The second-order valence-corrected chi connectivity index (χ2v) is 6.02. The van der Waals surface area contributed by atoms with Crippen LogP contribution in [0.25, 0.3) is 22.0 Å². The third kappa shape index (κ3) is 2.78. The highest BCUT2D eigenvalue weighted by molar-refractivity contribution is 5.86. The maximum atomic E-state index is 4.79. The Balaban J connectivity index is 1.67. The number of fused-ring (bicyclic) bond motifs is 1. The molecule has 0 amide bonds. The Morgan fingerprint density at radius 3 is 2.78 bits per heavy atom. The number of nitrogens with zero attached hydrogens (tertiary/aromatic N) is 3. The molecule has 1 atom stereocenters. The summed E-state index contributed by atoms with van der Waals surface area (Å²) in [6.07, 6.45) is 3.00. The lowest BCUT2D eigenvalue weighted by molar-refractivity contribution is 0.616. The maximum Gasteiger partial charge on any atom is 0.225 e. The average molecular weight is 304 g/mol. The van der Waals surface area contributed by atoms with E-state index in [9.17, 15) is 0 Å². The molecule has 0 spiro atoms. The first-order valence-electron chi connectivity index (χ1n) is 8.08. The molecule has 1 fully saturated rings. The van der Waals surface area contributed by atoms with Crippen molar-refractivity contribution in [3.63, 3.8) is 0 Å². The van der Waals surface area contributed by atoms with E-state index < -0.39 is 0 Å². The van der Waals surface area contributed by atoms with Crippen molar-refractivity contribution in [3.8, 4) is 11.3 Å².